The highest BCUT2D eigenvalue weighted by Gasteiger charge is 2.36. The average Bonchev–Trinajstić information content (AvgIpc) is 3.68. The van der Waals surface area contributed by atoms with E-state index in [4.69, 9.17) is 4.74 Å². The first kappa shape index (κ1) is 18.0. The van der Waals surface area contributed by atoms with E-state index in [0.29, 0.717) is 18.6 Å². The fourth-order valence-corrected chi connectivity index (χ4v) is 4.46. The topological polar surface area (TPSA) is 39.9 Å². The minimum atomic E-state index is -0.0358. The Morgan fingerprint density at radius 1 is 0.893 bits per heavy atom. The Kier molecular flexibility index (Phi) is 5.19. The molecule has 5 heteroatoms. The second-order valence-electron chi connectivity index (χ2n) is 7.64. The van der Waals surface area contributed by atoms with Gasteiger partial charge >= 0.3 is 0 Å². The first-order valence-corrected chi connectivity index (χ1v) is 11.2. The third-order valence-electron chi connectivity index (χ3n) is 5.35. The van der Waals surface area contributed by atoms with Crippen LogP contribution in [0.3, 0.4) is 0 Å². The van der Waals surface area contributed by atoms with Crippen molar-refractivity contribution in [1.82, 2.24) is 14.8 Å². The molecule has 0 radical (unpaired) electrons. The fourth-order valence-electron chi connectivity index (χ4n) is 3.62. The van der Waals surface area contributed by atoms with E-state index < -0.39 is 0 Å². The van der Waals surface area contributed by atoms with Gasteiger partial charge in [-0.2, -0.15) is 0 Å². The summed E-state index contributed by atoms with van der Waals surface area (Å²) < 4.78 is 8.75. The number of thioether (sulfide) groups is 1. The van der Waals surface area contributed by atoms with Crippen LogP contribution in [0.5, 0.6) is 0 Å². The van der Waals surface area contributed by atoms with Gasteiger partial charge in [0.15, 0.2) is 5.16 Å². The van der Waals surface area contributed by atoms with E-state index in [1.165, 1.54) is 42.6 Å². The smallest absolute Gasteiger partial charge is 0.191 e. The minimum absolute atomic E-state index is 0.0358. The Balaban J connectivity index is 1.24. The van der Waals surface area contributed by atoms with E-state index in [1.54, 1.807) is 11.8 Å². The van der Waals surface area contributed by atoms with Crippen molar-refractivity contribution in [2.75, 3.05) is 12.4 Å². The molecule has 2 aliphatic carbocycles. The molecule has 0 amide bonds. The Bertz CT molecular complexity index is 865. The zero-order valence-corrected chi connectivity index (χ0v) is 16.7. The lowest BCUT2D eigenvalue weighted by Crippen LogP contribution is -2.09. The Hall–Kier alpha value is -2.11. The van der Waals surface area contributed by atoms with Crippen molar-refractivity contribution < 1.29 is 4.74 Å². The second kappa shape index (κ2) is 8.10. The highest BCUT2D eigenvalue weighted by atomic mass is 32.2. The molecule has 0 bridgehead atoms. The van der Waals surface area contributed by atoms with Crippen LogP contribution in [0.2, 0.25) is 0 Å². The molecule has 2 aliphatic rings. The van der Waals surface area contributed by atoms with Crippen molar-refractivity contribution in [3.8, 4) is 0 Å². The molecule has 2 aromatic carbocycles. The molecule has 144 valence electrons. The number of rotatable bonds is 9. The molecule has 0 atom stereocenters. The van der Waals surface area contributed by atoms with Crippen LogP contribution in [0.15, 0.2) is 65.8 Å². The molecule has 0 aliphatic heterocycles. The predicted octanol–water partition coefficient (Wildman–Crippen LogP) is 5.39. The van der Waals surface area contributed by atoms with E-state index in [1.807, 2.05) is 12.1 Å². The van der Waals surface area contributed by atoms with Crippen LogP contribution in [0, 0.1) is 0 Å². The summed E-state index contributed by atoms with van der Waals surface area (Å²) in [7, 11) is 0. The molecule has 2 fully saturated rings. The largest absolute Gasteiger partial charge is 0.368 e. The number of hydrogen-bond donors (Lipinski definition) is 0. The highest BCUT2D eigenvalue weighted by Crippen LogP contribution is 2.46. The van der Waals surface area contributed by atoms with Crippen molar-refractivity contribution in [1.29, 1.82) is 0 Å². The summed E-state index contributed by atoms with van der Waals surface area (Å²) in [5.41, 5.74) is 2.38. The zero-order valence-electron chi connectivity index (χ0n) is 15.9. The molecule has 0 N–H and O–H groups in total. The van der Waals surface area contributed by atoms with Crippen LogP contribution in [0.4, 0.5) is 0 Å². The highest BCUT2D eigenvalue weighted by molar-refractivity contribution is 7.99. The lowest BCUT2D eigenvalue weighted by Gasteiger charge is -2.19. The summed E-state index contributed by atoms with van der Waals surface area (Å²) in [5.74, 6) is 2.75. The van der Waals surface area contributed by atoms with Gasteiger partial charge in [0.2, 0.25) is 0 Å². The maximum Gasteiger partial charge on any atom is 0.191 e. The van der Waals surface area contributed by atoms with Gasteiger partial charge in [0, 0.05) is 17.7 Å². The summed E-state index contributed by atoms with van der Waals surface area (Å²) in [6.07, 6.45) is 5.05. The van der Waals surface area contributed by atoms with Gasteiger partial charge in [-0.15, -0.1) is 10.2 Å². The van der Waals surface area contributed by atoms with Gasteiger partial charge in [-0.05, 0) is 36.8 Å². The zero-order chi connectivity index (χ0) is 18.8. The molecule has 0 saturated heterocycles. The summed E-state index contributed by atoms with van der Waals surface area (Å²) in [5, 5.41) is 10.1. The number of benzene rings is 2. The third kappa shape index (κ3) is 4.01. The average molecular weight is 392 g/mol. The summed E-state index contributed by atoms with van der Waals surface area (Å²) in [4.78, 5) is 0. The van der Waals surface area contributed by atoms with Crippen molar-refractivity contribution >= 4 is 11.8 Å². The number of hydrogen-bond acceptors (Lipinski definition) is 4. The van der Waals surface area contributed by atoms with Gasteiger partial charge in [-0.3, -0.25) is 0 Å². The van der Waals surface area contributed by atoms with Crippen LogP contribution in [0.25, 0.3) is 0 Å². The standard InChI is InChI=1S/C23H25N3OS/c1-3-7-17(8-4-1)21(18-9-5-2-6-10-18)27-15-16-28-23-25-24-22(19-11-12-19)26(23)20-13-14-20/h1-10,19-21H,11-16H2. The molecule has 28 heavy (non-hydrogen) atoms. The molecule has 5 rings (SSSR count). The number of nitrogens with zero attached hydrogens (tertiary/aromatic N) is 3. The monoisotopic (exact) mass is 391 g/mol. The van der Waals surface area contributed by atoms with Crippen LogP contribution in [-0.4, -0.2) is 27.1 Å². The van der Waals surface area contributed by atoms with Crippen LogP contribution in [0.1, 0.15) is 60.7 Å². The molecular weight excluding hydrogens is 366 g/mol. The van der Waals surface area contributed by atoms with E-state index in [9.17, 15) is 0 Å². The van der Waals surface area contributed by atoms with Crippen LogP contribution in [-0.2, 0) is 4.74 Å². The SMILES string of the molecule is c1ccc(C(OCCSc2nnc(C3CC3)n2C2CC2)c2ccccc2)cc1. The van der Waals surface area contributed by atoms with Gasteiger partial charge in [-0.1, -0.05) is 72.4 Å². The van der Waals surface area contributed by atoms with Gasteiger partial charge in [0.25, 0.3) is 0 Å². The van der Waals surface area contributed by atoms with E-state index in [-0.39, 0.29) is 6.10 Å². The summed E-state index contributed by atoms with van der Waals surface area (Å²) in [6.45, 7) is 0.676. The van der Waals surface area contributed by atoms with Gasteiger partial charge < -0.3 is 9.30 Å². The lowest BCUT2D eigenvalue weighted by molar-refractivity contribution is 0.0935. The van der Waals surface area contributed by atoms with E-state index in [2.05, 4.69) is 63.3 Å². The fraction of sp³-hybridized carbons (Fsp3) is 0.391. The Morgan fingerprint density at radius 3 is 2.11 bits per heavy atom. The Labute approximate surface area is 170 Å². The second-order valence-corrected chi connectivity index (χ2v) is 8.70. The summed E-state index contributed by atoms with van der Waals surface area (Å²) in [6, 6.07) is 21.5. The van der Waals surface area contributed by atoms with Gasteiger partial charge in [-0.25, -0.2) is 0 Å². The molecule has 4 nitrogen and oxygen atoms in total. The van der Waals surface area contributed by atoms with Crippen molar-refractivity contribution in [2.24, 2.45) is 0 Å². The molecule has 2 saturated carbocycles. The van der Waals surface area contributed by atoms with Crippen molar-refractivity contribution in [3.63, 3.8) is 0 Å². The first-order chi connectivity index (χ1) is 13.9. The van der Waals surface area contributed by atoms with Crippen LogP contribution >= 0.6 is 11.8 Å². The maximum absolute atomic E-state index is 6.34. The van der Waals surface area contributed by atoms with Crippen molar-refractivity contribution in [3.05, 3.63) is 77.6 Å². The molecule has 3 aromatic rings. The van der Waals surface area contributed by atoms with Crippen LogP contribution < -0.4 is 0 Å². The summed E-state index contributed by atoms with van der Waals surface area (Å²) >= 11 is 1.78. The predicted molar refractivity (Wildman–Crippen MR) is 112 cm³/mol. The first-order valence-electron chi connectivity index (χ1n) is 10.2. The molecule has 1 heterocycles. The van der Waals surface area contributed by atoms with Gasteiger partial charge in [0.1, 0.15) is 11.9 Å². The third-order valence-corrected chi connectivity index (χ3v) is 6.26. The van der Waals surface area contributed by atoms with E-state index >= 15 is 0 Å². The molecule has 0 unspecified atom stereocenters. The quantitative estimate of drug-likeness (QED) is 0.362. The van der Waals surface area contributed by atoms with Crippen molar-refractivity contribution in [2.45, 2.75) is 48.9 Å². The normalized spacial score (nSPS) is 16.6. The Morgan fingerprint density at radius 2 is 1.54 bits per heavy atom. The molecule has 0 spiro atoms. The van der Waals surface area contributed by atoms with E-state index in [0.717, 1.165) is 10.9 Å². The molecular formula is C23H25N3OS. The molecule has 1 aromatic heterocycles. The maximum atomic E-state index is 6.34. The van der Waals surface area contributed by atoms with Gasteiger partial charge in [0.05, 0.1) is 6.61 Å². The number of ether oxygens (including phenoxy) is 1. The minimum Gasteiger partial charge on any atom is -0.368 e. The number of aromatic nitrogens is 3. The lowest BCUT2D eigenvalue weighted by atomic mass is 10.0.